The zero-order valence-electron chi connectivity index (χ0n) is 20.4. The number of fused-ring (bicyclic) bond motifs is 3. The molecule has 4 rings (SSSR count). The molecule has 0 aromatic heterocycles. The fourth-order valence-electron chi connectivity index (χ4n) is 4.38. The lowest BCUT2D eigenvalue weighted by atomic mass is 10.0. The van der Waals surface area contributed by atoms with Gasteiger partial charge in [-0.15, -0.1) is 0 Å². The molecular formula is C29H30N2O6. The van der Waals surface area contributed by atoms with E-state index in [0.717, 1.165) is 28.7 Å². The number of unbranched alkanes of at least 4 members (excludes halogenated alkanes) is 1. The number of carboxylic acids is 1. The van der Waals surface area contributed by atoms with E-state index in [1.165, 1.54) is 11.1 Å². The number of nitrogens with one attached hydrogen (secondary N) is 2. The van der Waals surface area contributed by atoms with Crippen LogP contribution < -0.4 is 10.6 Å². The van der Waals surface area contributed by atoms with Crippen molar-refractivity contribution in [1.29, 1.82) is 0 Å². The number of benzene rings is 3. The number of ether oxygens (including phenoxy) is 2. The fraction of sp³-hybridized carbons (Fsp3) is 0.276. The van der Waals surface area contributed by atoms with Crippen LogP contribution in [0.5, 0.6) is 0 Å². The maximum atomic E-state index is 12.3. The van der Waals surface area contributed by atoms with Gasteiger partial charge in [0.15, 0.2) is 0 Å². The third kappa shape index (κ3) is 7.10. The SMILES string of the molecule is O=C(NCCCC[C@@H](NC(=O)OCc1cccc2c1Cc1ccccc1-2)C(=O)O)OCc1ccccc1. The van der Waals surface area contributed by atoms with Crippen molar-refractivity contribution in [3.63, 3.8) is 0 Å². The topological polar surface area (TPSA) is 114 Å². The number of rotatable bonds is 11. The minimum Gasteiger partial charge on any atom is -0.480 e. The number of hydrogen-bond donors (Lipinski definition) is 3. The van der Waals surface area contributed by atoms with Crippen LogP contribution in [-0.4, -0.2) is 35.8 Å². The summed E-state index contributed by atoms with van der Waals surface area (Å²) in [4.78, 5) is 35.8. The van der Waals surface area contributed by atoms with Crippen LogP contribution in [0.2, 0.25) is 0 Å². The largest absolute Gasteiger partial charge is 0.480 e. The third-order valence-corrected chi connectivity index (χ3v) is 6.30. The van der Waals surface area contributed by atoms with E-state index in [2.05, 4.69) is 28.8 Å². The summed E-state index contributed by atoms with van der Waals surface area (Å²) >= 11 is 0. The summed E-state index contributed by atoms with van der Waals surface area (Å²) < 4.78 is 10.5. The van der Waals surface area contributed by atoms with Crippen molar-refractivity contribution < 1.29 is 29.0 Å². The minimum absolute atomic E-state index is 0.0599. The van der Waals surface area contributed by atoms with Crippen LogP contribution in [0.4, 0.5) is 9.59 Å². The van der Waals surface area contributed by atoms with Crippen LogP contribution in [0.1, 0.15) is 41.5 Å². The molecule has 1 aliphatic rings. The van der Waals surface area contributed by atoms with Gasteiger partial charge in [-0.25, -0.2) is 14.4 Å². The van der Waals surface area contributed by atoms with Crippen LogP contribution in [0, 0.1) is 0 Å². The number of hydrogen-bond acceptors (Lipinski definition) is 5. The number of amides is 2. The molecule has 0 aliphatic heterocycles. The summed E-state index contributed by atoms with van der Waals surface area (Å²) in [6.07, 6.45) is 0.705. The van der Waals surface area contributed by atoms with E-state index in [9.17, 15) is 19.5 Å². The number of carbonyl (C=O) groups is 3. The smallest absolute Gasteiger partial charge is 0.408 e. The maximum absolute atomic E-state index is 12.3. The average Bonchev–Trinajstić information content (AvgIpc) is 3.30. The van der Waals surface area contributed by atoms with E-state index in [1.807, 2.05) is 54.6 Å². The fourth-order valence-corrected chi connectivity index (χ4v) is 4.38. The Balaban J connectivity index is 1.16. The van der Waals surface area contributed by atoms with E-state index < -0.39 is 24.2 Å². The van der Waals surface area contributed by atoms with Gasteiger partial charge in [0.05, 0.1) is 0 Å². The standard InChI is InChI=1S/C29H30N2O6/c32-27(33)26(15-6-7-16-30-28(34)36-18-20-9-2-1-3-10-20)31-29(35)37-19-22-12-8-14-24-23-13-5-4-11-21(23)17-25(22)24/h1-5,8-14,26H,6-7,15-19H2,(H,30,34)(H,31,35)(H,32,33)/t26-/m1/s1. The highest BCUT2D eigenvalue weighted by Gasteiger charge is 2.23. The Hall–Kier alpha value is -4.33. The zero-order chi connectivity index (χ0) is 26.0. The third-order valence-electron chi connectivity index (χ3n) is 6.30. The highest BCUT2D eigenvalue weighted by atomic mass is 16.6. The Kier molecular flexibility index (Phi) is 8.75. The Morgan fingerprint density at radius 1 is 0.811 bits per heavy atom. The van der Waals surface area contributed by atoms with Gasteiger partial charge in [0, 0.05) is 6.54 Å². The van der Waals surface area contributed by atoms with Crippen molar-refractivity contribution in [2.75, 3.05) is 6.54 Å². The summed E-state index contributed by atoms with van der Waals surface area (Å²) in [5.41, 5.74) is 6.48. The lowest BCUT2D eigenvalue weighted by Gasteiger charge is -2.15. The molecule has 0 radical (unpaired) electrons. The lowest BCUT2D eigenvalue weighted by molar-refractivity contribution is -0.139. The van der Waals surface area contributed by atoms with Gasteiger partial charge in [-0.3, -0.25) is 0 Å². The van der Waals surface area contributed by atoms with E-state index in [4.69, 9.17) is 9.47 Å². The number of aliphatic carboxylic acids is 1. The van der Waals surface area contributed by atoms with Crippen molar-refractivity contribution in [3.8, 4) is 11.1 Å². The molecule has 0 fully saturated rings. The number of carbonyl (C=O) groups excluding carboxylic acids is 2. The molecule has 0 bridgehead atoms. The van der Waals surface area contributed by atoms with E-state index in [0.29, 0.717) is 19.4 Å². The van der Waals surface area contributed by atoms with Crippen LogP contribution in [-0.2, 0) is 33.9 Å². The predicted octanol–water partition coefficient (Wildman–Crippen LogP) is 5.03. The van der Waals surface area contributed by atoms with Gasteiger partial charge in [0.1, 0.15) is 19.3 Å². The Labute approximate surface area is 215 Å². The molecule has 0 unspecified atom stereocenters. The van der Waals surface area contributed by atoms with E-state index in [1.54, 1.807) is 0 Å². The molecule has 0 spiro atoms. The van der Waals surface area contributed by atoms with Gasteiger partial charge in [0.2, 0.25) is 0 Å². The molecule has 2 amide bonds. The Morgan fingerprint density at radius 2 is 1.54 bits per heavy atom. The molecule has 0 saturated carbocycles. The second kappa shape index (κ2) is 12.6. The summed E-state index contributed by atoms with van der Waals surface area (Å²) in [6.45, 7) is 0.578. The van der Waals surface area contributed by atoms with Gasteiger partial charge in [-0.05, 0) is 59.1 Å². The minimum atomic E-state index is -1.14. The molecule has 8 heteroatoms. The molecule has 3 N–H and O–H groups in total. The molecule has 0 heterocycles. The highest BCUT2D eigenvalue weighted by Crippen LogP contribution is 2.38. The average molecular weight is 503 g/mol. The molecule has 3 aromatic carbocycles. The Morgan fingerprint density at radius 3 is 2.35 bits per heavy atom. The van der Waals surface area contributed by atoms with Gasteiger partial charge in [-0.2, -0.15) is 0 Å². The van der Waals surface area contributed by atoms with Crippen LogP contribution in [0.3, 0.4) is 0 Å². The van der Waals surface area contributed by atoms with Gasteiger partial charge < -0.3 is 25.2 Å². The monoisotopic (exact) mass is 502 g/mol. The summed E-state index contributed by atoms with van der Waals surface area (Å²) in [5.74, 6) is -1.14. The molecule has 1 aliphatic carbocycles. The van der Waals surface area contributed by atoms with Gasteiger partial charge in [-0.1, -0.05) is 72.8 Å². The van der Waals surface area contributed by atoms with Crippen LogP contribution in [0.25, 0.3) is 11.1 Å². The molecule has 8 nitrogen and oxygen atoms in total. The quantitative estimate of drug-likeness (QED) is 0.248. The lowest BCUT2D eigenvalue weighted by Crippen LogP contribution is -2.41. The molecular weight excluding hydrogens is 472 g/mol. The first-order valence-corrected chi connectivity index (χ1v) is 12.3. The van der Waals surface area contributed by atoms with Crippen molar-refractivity contribution >= 4 is 18.2 Å². The van der Waals surface area contributed by atoms with E-state index >= 15 is 0 Å². The first kappa shape index (κ1) is 25.8. The maximum Gasteiger partial charge on any atom is 0.408 e. The summed E-state index contributed by atoms with van der Waals surface area (Å²) in [5, 5.41) is 14.6. The molecule has 0 saturated heterocycles. The molecule has 3 aromatic rings. The molecule has 1 atom stereocenters. The number of alkyl carbamates (subject to hydrolysis) is 2. The summed E-state index contributed by atoms with van der Waals surface area (Å²) in [7, 11) is 0. The highest BCUT2D eigenvalue weighted by molar-refractivity contribution is 5.80. The van der Waals surface area contributed by atoms with Crippen molar-refractivity contribution in [2.24, 2.45) is 0 Å². The normalized spacial score (nSPS) is 12.1. The first-order valence-electron chi connectivity index (χ1n) is 12.3. The second-order valence-electron chi connectivity index (χ2n) is 8.87. The zero-order valence-corrected chi connectivity index (χ0v) is 20.4. The van der Waals surface area contributed by atoms with Crippen molar-refractivity contribution in [3.05, 3.63) is 95.1 Å². The van der Waals surface area contributed by atoms with Crippen molar-refractivity contribution in [2.45, 2.75) is 44.9 Å². The summed E-state index contributed by atoms with van der Waals surface area (Å²) in [6, 6.07) is 22.4. The predicted molar refractivity (Wildman–Crippen MR) is 138 cm³/mol. The van der Waals surface area contributed by atoms with Crippen LogP contribution in [0.15, 0.2) is 72.8 Å². The van der Waals surface area contributed by atoms with E-state index in [-0.39, 0.29) is 19.6 Å². The first-order chi connectivity index (χ1) is 18.0. The van der Waals surface area contributed by atoms with Gasteiger partial charge >= 0.3 is 18.2 Å². The Bertz CT molecular complexity index is 1240. The molecule has 37 heavy (non-hydrogen) atoms. The van der Waals surface area contributed by atoms with Gasteiger partial charge in [0.25, 0.3) is 0 Å². The number of carboxylic acid groups (broad SMARTS) is 1. The second-order valence-corrected chi connectivity index (χ2v) is 8.87. The molecule has 192 valence electrons. The van der Waals surface area contributed by atoms with Crippen molar-refractivity contribution in [1.82, 2.24) is 10.6 Å². The van der Waals surface area contributed by atoms with Crippen LogP contribution >= 0.6 is 0 Å².